The van der Waals surface area contributed by atoms with E-state index in [9.17, 15) is 14.3 Å². The molecule has 4 nitrogen and oxygen atoms in total. The van der Waals surface area contributed by atoms with E-state index in [0.29, 0.717) is 0 Å². The molecule has 0 bridgehead atoms. The number of carbonyl (C=O) groups is 1. The third kappa shape index (κ3) is 2.41. The monoisotopic (exact) mass is 266 g/mol. The molecule has 0 atom stereocenters. The number of carbonyl (C=O) groups excluding carboxylic acids is 1. The Morgan fingerprint density at radius 1 is 1.33 bits per heavy atom. The Balaban J connectivity index is 2.31. The van der Waals surface area contributed by atoms with E-state index < -0.39 is 23.0 Å². The Bertz CT molecular complexity index is 584. The van der Waals surface area contributed by atoms with Gasteiger partial charge in [0.05, 0.1) is 5.69 Å². The maximum Gasteiger partial charge on any atom is 0.262 e. The minimum Gasteiger partial charge on any atom is -0.507 e. The highest BCUT2D eigenvalue weighted by molar-refractivity contribution is 6.32. The van der Waals surface area contributed by atoms with Gasteiger partial charge in [0.2, 0.25) is 0 Å². The SMILES string of the molecule is O=C(Nc1cccnc1Cl)c1c(O)cccc1F. The van der Waals surface area contributed by atoms with Crippen molar-refractivity contribution in [3.63, 3.8) is 0 Å². The van der Waals surface area contributed by atoms with Crippen molar-refractivity contribution in [3.8, 4) is 5.75 Å². The average molecular weight is 267 g/mol. The highest BCUT2D eigenvalue weighted by Crippen LogP contribution is 2.23. The topological polar surface area (TPSA) is 62.2 Å². The number of halogens is 2. The Morgan fingerprint density at radius 3 is 2.78 bits per heavy atom. The quantitative estimate of drug-likeness (QED) is 0.822. The molecular formula is C12H8ClFN2O2. The fourth-order valence-electron chi connectivity index (χ4n) is 1.40. The zero-order valence-electron chi connectivity index (χ0n) is 9.02. The van der Waals surface area contributed by atoms with Crippen LogP contribution in [-0.2, 0) is 0 Å². The molecule has 6 heteroatoms. The molecule has 92 valence electrons. The Morgan fingerprint density at radius 2 is 2.11 bits per heavy atom. The Hall–Kier alpha value is -2.14. The lowest BCUT2D eigenvalue weighted by molar-refractivity contribution is 0.102. The molecule has 0 aliphatic heterocycles. The number of hydrogen-bond acceptors (Lipinski definition) is 3. The number of benzene rings is 1. The van der Waals surface area contributed by atoms with Crippen molar-refractivity contribution in [1.82, 2.24) is 4.98 Å². The molecule has 2 N–H and O–H groups in total. The number of phenols is 1. The van der Waals surface area contributed by atoms with E-state index in [-0.39, 0.29) is 10.8 Å². The molecule has 0 spiro atoms. The molecule has 0 saturated carbocycles. The van der Waals surface area contributed by atoms with E-state index in [1.807, 2.05) is 0 Å². The maximum absolute atomic E-state index is 13.4. The number of nitrogens with one attached hydrogen (secondary N) is 1. The lowest BCUT2D eigenvalue weighted by Crippen LogP contribution is -2.14. The summed E-state index contributed by atoms with van der Waals surface area (Å²) in [5.41, 5.74) is -0.191. The molecule has 2 rings (SSSR count). The fraction of sp³-hybridized carbons (Fsp3) is 0. The van der Waals surface area contributed by atoms with E-state index in [2.05, 4.69) is 10.3 Å². The molecule has 1 aromatic carbocycles. The lowest BCUT2D eigenvalue weighted by Gasteiger charge is -2.08. The minimum absolute atomic E-state index is 0.0849. The van der Waals surface area contributed by atoms with Gasteiger partial charge in [-0.25, -0.2) is 9.37 Å². The summed E-state index contributed by atoms with van der Waals surface area (Å²) >= 11 is 5.75. The predicted molar refractivity (Wildman–Crippen MR) is 65.3 cm³/mol. The van der Waals surface area contributed by atoms with E-state index in [4.69, 9.17) is 11.6 Å². The smallest absolute Gasteiger partial charge is 0.262 e. The van der Waals surface area contributed by atoms with Gasteiger partial charge in [-0.1, -0.05) is 17.7 Å². The summed E-state index contributed by atoms with van der Waals surface area (Å²) in [6.07, 6.45) is 1.46. The second-order valence-corrected chi connectivity index (χ2v) is 3.79. The van der Waals surface area contributed by atoms with Crippen LogP contribution in [0.2, 0.25) is 5.15 Å². The van der Waals surface area contributed by atoms with Crippen molar-refractivity contribution in [1.29, 1.82) is 0 Å². The molecule has 0 aliphatic rings. The van der Waals surface area contributed by atoms with E-state index in [0.717, 1.165) is 6.07 Å². The zero-order valence-corrected chi connectivity index (χ0v) is 9.78. The Labute approximate surface area is 107 Å². The Kier molecular flexibility index (Phi) is 3.43. The molecular weight excluding hydrogens is 259 g/mol. The summed E-state index contributed by atoms with van der Waals surface area (Å²) < 4.78 is 13.4. The number of amides is 1. The first-order valence-electron chi connectivity index (χ1n) is 4.99. The molecule has 2 aromatic rings. The maximum atomic E-state index is 13.4. The summed E-state index contributed by atoms with van der Waals surface area (Å²) in [6.45, 7) is 0. The molecule has 0 unspecified atom stereocenters. The highest BCUT2D eigenvalue weighted by Gasteiger charge is 2.17. The number of phenolic OH excluding ortho intramolecular Hbond substituents is 1. The summed E-state index contributed by atoms with van der Waals surface area (Å²) in [5, 5.41) is 11.9. The van der Waals surface area contributed by atoms with Crippen molar-refractivity contribution >= 4 is 23.2 Å². The molecule has 1 heterocycles. The summed E-state index contributed by atoms with van der Waals surface area (Å²) in [6, 6.07) is 6.70. The molecule has 0 fully saturated rings. The van der Waals surface area contributed by atoms with Crippen LogP contribution in [-0.4, -0.2) is 16.0 Å². The number of hydrogen-bond donors (Lipinski definition) is 2. The van der Waals surface area contributed by atoms with Crippen LogP contribution >= 0.6 is 11.6 Å². The molecule has 0 radical (unpaired) electrons. The molecule has 0 aliphatic carbocycles. The van der Waals surface area contributed by atoms with E-state index in [1.54, 1.807) is 6.07 Å². The standard InChI is InChI=1S/C12H8ClFN2O2/c13-11-8(4-2-6-15-11)16-12(18)10-7(14)3-1-5-9(10)17/h1-6,17H,(H,16,18). The number of rotatable bonds is 2. The van der Waals surface area contributed by atoms with Gasteiger partial charge in [-0.15, -0.1) is 0 Å². The van der Waals surface area contributed by atoms with Gasteiger partial charge in [0.25, 0.3) is 5.91 Å². The van der Waals surface area contributed by atoms with E-state index >= 15 is 0 Å². The molecule has 18 heavy (non-hydrogen) atoms. The van der Waals surface area contributed by atoms with Crippen LogP contribution in [0.1, 0.15) is 10.4 Å². The zero-order chi connectivity index (χ0) is 13.1. The molecule has 1 amide bonds. The van der Waals surface area contributed by atoms with Gasteiger partial charge in [-0.05, 0) is 24.3 Å². The number of aromatic hydroxyl groups is 1. The van der Waals surface area contributed by atoms with Crippen LogP contribution in [0.5, 0.6) is 5.75 Å². The van der Waals surface area contributed by atoms with Gasteiger partial charge in [0, 0.05) is 6.20 Å². The fourth-order valence-corrected chi connectivity index (χ4v) is 1.57. The van der Waals surface area contributed by atoms with Gasteiger partial charge < -0.3 is 10.4 Å². The van der Waals surface area contributed by atoms with Crippen LogP contribution in [0.15, 0.2) is 36.5 Å². The van der Waals surface area contributed by atoms with Crippen molar-refractivity contribution in [2.75, 3.05) is 5.32 Å². The van der Waals surface area contributed by atoms with Crippen LogP contribution in [0.4, 0.5) is 10.1 Å². The third-order valence-electron chi connectivity index (χ3n) is 2.23. The number of pyridine rings is 1. The van der Waals surface area contributed by atoms with E-state index in [1.165, 1.54) is 24.4 Å². The number of aromatic nitrogens is 1. The van der Waals surface area contributed by atoms with Crippen molar-refractivity contribution in [2.24, 2.45) is 0 Å². The summed E-state index contributed by atoms with van der Waals surface area (Å²) in [4.78, 5) is 15.6. The summed E-state index contributed by atoms with van der Waals surface area (Å²) in [7, 11) is 0. The second-order valence-electron chi connectivity index (χ2n) is 3.43. The number of anilines is 1. The first-order valence-corrected chi connectivity index (χ1v) is 5.36. The van der Waals surface area contributed by atoms with Gasteiger partial charge in [-0.3, -0.25) is 4.79 Å². The van der Waals surface area contributed by atoms with Gasteiger partial charge in [-0.2, -0.15) is 0 Å². The summed E-state index contributed by atoms with van der Waals surface area (Å²) in [5.74, 6) is -2.04. The van der Waals surface area contributed by atoms with Crippen LogP contribution < -0.4 is 5.32 Å². The van der Waals surface area contributed by atoms with Crippen LogP contribution in [0, 0.1) is 5.82 Å². The van der Waals surface area contributed by atoms with Crippen molar-refractivity contribution in [3.05, 3.63) is 53.1 Å². The van der Waals surface area contributed by atoms with Crippen LogP contribution in [0.25, 0.3) is 0 Å². The highest BCUT2D eigenvalue weighted by atomic mass is 35.5. The lowest BCUT2D eigenvalue weighted by atomic mass is 10.1. The first kappa shape index (κ1) is 12.3. The van der Waals surface area contributed by atoms with Crippen LogP contribution in [0.3, 0.4) is 0 Å². The minimum atomic E-state index is -0.812. The van der Waals surface area contributed by atoms with Crippen molar-refractivity contribution in [2.45, 2.75) is 0 Å². The van der Waals surface area contributed by atoms with Crippen molar-refractivity contribution < 1.29 is 14.3 Å². The largest absolute Gasteiger partial charge is 0.507 e. The van der Waals surface area contributed by atoms with Gasteiger partial charge >= 0.3 is 0 Å². The molecule has 1 aromatic heterocycles. The van der Waals surface area contributed by atoms with Gasteiger partial charge in [0.15, 0.2) is 5.15 Å². The molecule has 0 saturated heterocycles. The number of nitrogens with zero attached hydrogens (tertiary/aromatic N) is 1. The first-order chi connectivity index (χ1) is 8.59. The predicted octanol–water partition coefficient (Wildman–Crippen LogP) is 2.83. The third-order valence-corrected chi connectivity index (χ3v) is 2.53. The normalized spacial score (nSPS) is 10.1. The average Bonchev–Trinajstić information content (AvgIpc) is 2.32. The van der Waals surface area contributed by atoms with Gasteiger partial charge in [0.1, 0.15) is 17.1 Å². The second kappa shape index (κ2) is 5.01.